The topological polar surface area (TPSA) is 72.2 Å². The molecule has 1 aromatic heterocycles. The first-order valence-electron chi connectivity index (χ1n) is 8.34. The van der Waals surface area contributed by atoms with Crippen LogP contribution >= 0.6 is 11.3 Å². The molecule has 130 valence electrons. The Morgan fingerprint density at radius 1 is 1.08 bits per heavy atom. The monoisotopic (exact) mass is 364 g/mol. The molecule has 2 aromatic carbocycles. The number of nitro groups is 1. The van der Waals surface area contributed by atoms with Crippen LogP contribution in [-0.4, -0.2) is 10.8 Å². The first kappa shape index (κ1) is 16.5. The number of thiophene rings is 1. The molecule has 0 saturated heterocycles. The van der Waals surface area contributed by atoms with Gasteiger partial charge in [-0.3, -0.25) is 14.9 Å². The van der Waals surface area contributed by atoms with E-state index < -0.39 is 4.92 Å². The van der Waals surface area contributed by atoms with Crippen molar-refractivity contribution in [2.75, 3.05) is 0 Å². The number of benzene rings is 2. The van der Waals surface area contributed by atoms with Crippen molar-refractivity contribution in [2.45, 2.75) is 19.4 Å². The zero-order valence-corrected chi connectivity index (χ0v) is 14.7. The van der Waals surface area contributed by atoms with E-state index in [1.54, 1.807) is 12.1 Å². The molecule has 0 atom stereocenters. The van der Waals surface area contributed by atoms with Crippen LogP contribution < -0.4 is 5.32 Å². The highest BCUT2D eigenvalue weighted by Crippen LogP contribution is 2.39. The van der Waals surface area contributed by atoms with E-state index in [4.69, 9.17) is 0 Å². The van der Waals surface area contributed by atoms with Gasteiger partial charge >= 0.3 is 0 Å². The number of hydrogen-bond acceptors (Lipinski definition) is 4. The molecule has 1 amide bonds. The number of nitrogens with one attached hydrogen (secondary N) is 1. The maximum Gasteiger partial charge on any atom is 0.269 e. The van der Waals surface area contributed by atoms with Gasteiger partial charge in [-0.2, -0.15) is 0 Å². The second-order valence-corrected chi connectivity index (χ2v) is 7.28. The van der Waals surface area contributed by atoms with Gasteiger partial charge in [0.2, 0.25) is 0 Å². The quantitative estimate of drug-likeness (QED) is 0.552. The van der Waals surface area contributed by atoms with Crippen molar-refractivity contribution < 1.29 is 9.72 Å². The van der Waals surface area contributed by atoms with Crippen LogP contribution in [0.4, 0.5) is 5.69 Å². The highest BCUT2D eigenvalue weighted by Gasteiger charge is 2.21. The molecule has 4 rings (SSSR count). The van der Waals surface area contributed by atoms with Crippen LogP contribution in [0.3, 0.4) is 0 Å². The SMILES string of the molecule is O=C(NCc1ccc([N+](=O)[O-])cc1)c1cc2c(s1)-c1ccccc1CC2. The minimum absolute atomic E-state index is 0.0460. The fourth-order valence-electron chi connectivity index (χ4n) is 3.19. The number of nitro benzene ring substituents is 1. The minimum Gasteiger partial charge on any atom is -0.347 e. The Hall–Kier alpha value is -2.99. The first-order chi connectivity index (χ1) is 12.6. The lowest BCUT2D eigenvalue weighted by Gasteiger charge is -2.15. The summed E-state index contributed by atoms with van der Waals surface area (Å²) in [7, 11) is 0. The summed E-state index contributed by atoms with van der Waals surface area (Å²) in [5.74, 6) is -0.111. The summed E-state index contributed by atoms with van der Waals surface area (Å²) >= 11 is 1.53. The van der Waals surface area contributed by atoms with Gasteiger partial charge in [-0.15, -0.1) is 11.3 Å². The fourth-order valence-corrected chi connectivity index (χ4v) is 4.38. The molecule has 5 nitrogen and oxygen atoms in total. The van der Waals surface area contributed by atoms with Crippen molar-refractivity contribution in [1.29, 1.82) is 0 Å². The standard InChI is InChI=1S/C20H16N2O3S/c23-20(21-12-13-5-9-16(10-6-13)22(24)25)18-11-15-8-7-14-3-1-2-4-17(14)19(15)26-18/h1-6,9-11H,7-8,12H2,(H,21,23). The van der Waals surface area contributed by atoms with E-state index in [2.05, 4.69) is 23.5 Å². The number of amides is 1. The fraction of sp³-hybridized carbons (Fsp3) is 0.150. The Bertz CT molecular complexity index is 993. The van der Waals surface area contributed by atoms with Gasteiger partial charge in [0.05, 0.1) is 9.80 Å². The summed E-state index contributed by atoms with van der Waals surface area (Å²) in [5, 5.41) is 13.6. The first-order valence-corrected chi connectivity index (χ1v) is 9.16. The smallest absolute Gasteiger partial charge is 0.269 e. The molecule has 1 aliphatic rings. The molecule has 0 bridgehead atoms. The average Bonchev–Trinajstić information content (AvgIpc) is 3.11. The molecule has 6 heteroatoms. The van der Waals surface area contributed by atoms with E-state index in [9.17, 15) is 14.9 Å². The molecule has 0 radical (unpaired) electrons. The van der Waals surface area contributed by atoms with Gasteiger partial charge in [-0.1, -0.05) is 36.4 Å². The maximum atomic E-state index is 12.5. The van der Waals surface area contributed by atoms with E-state index in [0.29, 0.717) is 11.4 Å². The Morgan fingerprint density at radius 2 is 1.81 bits per heavy atom. The Morgan fingerprint density at radius 3 is 2.58 bits per heavy atom. The van der Waals surface area contributed by atoms with E-state index in [1.807, 2.05) is 12.1 Å². The van der Waals surface area contributed by atoms with Gasteiger partial charge in [-0.05, 0) is 41.2 Å². The predicted octanol–water partition coefficient (Wildman–Crippen LogP) is 4.35. The van der Waals surface area contributed by atoms with E-state index in [0.717, 1.165) is 18.4 Å². The highest BCUT2D eigenvalue weighted by molar-refractivity contribution is 7.17. The van der Waals surface area contributed by atoms with Gasteiger partial charge in [-0.25, -0.2) is 0 Å². The summed E-state index contributed by atoms with van der Waals surface area (Å²) in [6, 6.07) is 16.5. The van der Waals surface area contributed by atoms with Crippen molar-refractivity contribution in [2.24, 2.45) is 0 Å². The molecular weight excluding hydrogens is 348 g/mol. The number of hydrogen-bond donors (Lipinski definition) is 1. The second kappa shape index (κ2) is 6.72. The highest BCUT2D eigenvalue weighted by atomic mass is 32.1. The van der Waals surface area contributed by atoms with Gasteiger partial charge < -0.3 is 5.32 Å². The zero-order chi connectivity index (χ0) is 18.1. The van der Waals surface area contributed by atoms with Crippen molar-refractivity contribution in [3.63, 3.8) is 0 Å². The van der Waals surface area contributed by atoms with E-state index >= 15 is 0 Å². The van der Waals surface area contributed by atoms with Crippen LogP contribution in [-0.2, 0) is 19.4 Å². The largest absolute Gasteiger partial charge is 0.347 e. The molecule has 3 aromatic rings. The summed E-state index contributed by atoms with van der Waals surface area (Å²) in [5.41, 5.74) is 4.67. The molecule has 26 heavy (non-hydrogen) atoms. The predicted molar refractivity (Wildman–Crippen MR) is 101 cm³/mol. The molecule has 0 spiro atoms. The molecule has 1 heterocycles. The molecule has 0 aliphatic heterocycles. The number of non-ortho nitro benzene ring substituents is 1. The van der Waals surface area contributed by atoms with Crippen LogP contribution in [0.1, 0.15) is 26.4 Å². The van der Waals surface area contributed by atoms with Gasteiger partial charge in [0.1, 0.15) is 0 Å². The number of aryl methyl sites for hydroxylation is 2. The van der Waals surface area contributed by atoms with E-state index in [1.165, 1.54) is 45.0 Å². The van der Waals surface area contributed by atoms with Gasteiger partial charge in [0.25, 0.3) is 11.6 Å². The van der Waals surface area contributed by atoms with Crippen LogP contribution in [0.5, 0.6) is 0 Å². The summed E-state index contributed by atoms with van der Waals surface area (Å²) in [4.78, 5) is 24.7. The molecule has 0 saturated carbocycles. The summed E-state index contributed by atoms with van der Waals surface area (Å²) in [6.07, 6.45) is 1.96. The summed E-state index contributed by atoms with van der Waals surface area (Å²) in [6.45, 7) is 0.343. The molecule has 1 aliphatic carbocycles. The van der Waals surface area contributed by atoms with Crippen molar-refractivity contribution in [1.82, 2.24) is 5.32 Å². The third-order valence-corrected chi connectivity index (χ3v) is 5.77. The number of carbonyl (C=O) groups excluding carboxylic acids is 1. The Kier molecular flexibility index (Phi) is 4.26. The Balaban J connectivity index is 1.48. The number of rotatable bonds is 4. The molecule has 1 N–H and O–H groups in total. The van der Waals surface area contributed by atoms with Crippen LogP contribution in [0, 0.1) is 10.1 Å². The van der Waals surface area contributed by atoms with Crippen LogP contribution in [0.15, 0.2) is 54.6 Å². The minimum atomic E-state index is -0.434. The number of carbonyl (C=O) groups is 1. The molecular formula is C20H16N2O3S. The van der Waals surface area contributed by atoms with Crippen molar-refractivity contribution >= 4 is 22.9 Å². The third kappa shape index (κ3) is 3.11. The average molecular weight is 364 g/mol. The zero-order valence-electron chi connectivity index (χ0n) is 13.9. The number of nitrogens with zero attached hydrogens (tertiary/aromatic N) is 1. The number of fused-ring (bicyclic) bond motifs is 3. The normalized spacial score (nSPS) is 12.2. The Labute approximate surface area is 154 Å². The van der Waals surface area contributed by atoms with Crippen molar-refractivity contribution in [3.8, 4) is 10.4 Å². The van der Waals surface area contributed by atoms with Crippen LogP contribution in [0.2, 0.25) is 0 Å². The lowest BCUT2D eigenvalue weighted by Crippen LogP contribution is -2.21. The lowest BCUT2D eigenvalue weighted by atomic mass is 9.91. The van der Waals surface area contributed by atoms with Crippen LogP contribution in [0.25, 0.3) is 10.4 Å². The van der Waals surface area contributed by atoms with E-state index in [-0.39, 0.29) is 11.6 Å². The molecule has 0 fully saturated rings. The van der Waals surface area contributed by atoms with Crippen molar-refractivity contribution in [3.05, 3.63) is 86.3 Å². The second-order valence-electron chi connectivity index (χ2n) is 6.23. The lowest BCUT2D eigenvalue weighted by molar-refractivity contribution is -0.384. The summed E-state index contributed by atoms with van der Waals surface area (Å²) < 4.78 is 0. The van der Waals surface area contributed by atoms with Gasteiger partial charge in [0.15, 0.2) is 0 Å². The molecule has 0 unspecified atom stereocenters. The maximum absolute atomic E-state index is 12.5. The third-order valence-electron chi connectivity index (χ3n) is 4.56. The van der Waals surface area contributed by atoms with Gasteiger partial charge in [0, 0.05) is 23.6 Å².